The quantitative estimate of drug-likeness (QED) is 0.618. The van der Waals surface area contributed by atoms with Gasteiger partial charge in [0.05, 0.1) is 0 Å². The van der Waals surface area contributed by atoms with Crippen LogP contribution in [0.15, 0.2) is 24.3 Å². The van der Waals surface area contributed by atoms with Gasteiger partial charge in [0.1, 0.15) is 5.84 Å². The van der Waals surface area contributed by atoms with Crippen LogP contribution in [-0.4, -0.2) is 48.4 Å². The highest BCUT2D eigenvalue weighted by atomic mass is 15.3. The molecule has 1 aliphatic heterocycles. The first kappa shape index (κ1) is 13.1. The van der Waals surface area contributed by atoms with Crippen molar-refractivity contribution in [3.8, 4) is 0 Å². The Morgan fingerprint density at radius 3 is 2.50 bits per heavy atom. The second-order valence-electron chi connectivity index (χ2n) is 4.82. The molecule has 4 nitrogen and oxygen atoms in total. The third-order valence-electron chi connectivity index (χ3n) is 3.56. The zero-order valence-electron chi connectivity index (χ0n) is 11.0. The summed E-state index contributed by atoms with van der Waals surface area (Å²) in [6.07, 6.45) is 0. The van der Waals surface area contributed by atoms with Crippen LogP contribution in [0.3, 0.4) is 0 Å². The molecule has 0 bridgehead atoms. The van der Waals surface area contributed by atoms with Gasteiger partial charge in [0.2, 0.25) is 0 Å². The second-order valence-corrected chi connectivity index (χ2v) is 4.82. The Kier molecular flexibility index (Phi) is 4.33. The van der Waals surface area contributed by atoms with Gasteiger partial charge < -0.3 is 10.6 Å². The number of hydrogen-bond donors (Lipinski definition) is 2. The molecule has 4 heteroatoms. The lowest BCUT2D eigenvalue weighted by Gasteiger charge is -2.34. The lowest BCUT2D eigenvalue weighted by Crippen LogP contribution is -2.45. The Bertz CT molecular complexity index is 408. The molecule has 1 aliphatic rings. The number of benzene rings is 1. The van der Waals surface area contributed by atoms with Crippen LogP contribution in [-0.2, 0) is 6.54 Å². The summed E-state index contributed by atoms with van der Waals surface area (Å²) in [5, 5.41) is 7.46. The van der Waals surface area contributed by atoms with E-state index in [1.54, 1.807) is 0 Å². The molecule has 18 heavy (non-hydrogen) atoms. The van der Waals surface area contributed by atoms with Gasteiger partial charge >= 0.3 is 0 Å². The summed E-state index contributed by atoms with van der Waals surface area (Å²) in [7, 11) is 0. The predicted octanol–water partition coefficient (Wildman–Crippen LogP) is 1.11. The van der Waals surface area contributed by atoms with Gasteiger partial charge in [-0.1, -0.05) is 25.1 Å². The van der Waals surface area contributed by atoms with E-state index in [1.807, 2.05) is 18.2 Å². The molecule has 0 unspecified atom stereocenters. The number of likely N-dealkylation sites (N-methyl/N-ethyl adjacent to an activating group) is 1. The molecule has 1 fully saturated rings. The average molecular weight is 246 g/mol. The van der Waals surface area contributed by atoms with Crippen molar-refractivity contribution in [1.29, 1.82) is 5.41 Å². The molecule has 0 saturated carbocycles. The normalized spacial score (nSPS) is 17.8. The summed E-state index contributed by atoms with van der Waals surface area (Å²) in [6, 6.07) is 8.00. The predicted molar refractivity (Wildman–Crippen MR) is 74.8 cm³/mol. The Hall–Kier alpha value is -1.39. The number of nitrogen functional groups attached to an aromatic ring is 1. The molecule has 1 aromatic carbocycles. The number of hydrogen-bond acceptors (Lipinski definition) is 3. The molecule has 0 aromatic heterocycles. The minimum atomic E-state index is 0.146. The van der Waals surface area contributed by atoms with E-state index in [2.05, 4.69) is 22.8 Å². The van der Waals surface area contributed by atoms with Gasteiger partial charge in [-0.25, -0.2) is 0 Å². The van der Waals surface area contributed by atoms with Gasteiger partial charge in [-0.3, -0.25) is 10.3 Å². The molecule has 0 spiro atoms. The van der Waals surface area contributed by atoms with E-state index in [-0.39, 0.29) is 5.84 Å². The SMILES string of the molecule is CCN1CCN(Cc2cccc(C(=N)N)c2)CC1. The van der Waals surface area contributed by atoms with Crippen molar-refractivity contribution in [3.63, 3.8) is 0 Å². The number of amidine groups is 1. The van der Waals surface area contributed by atoms with Crippen LogP contribution in [0.25, 0.3) is 0 Å². The number of piperazine rings is 1. The molecule has 98 valence electrons. The summed E-state index contributed by atoms with van der Waals surface area (Å²) < 4.78 is 0. The van der Waals surface area contributed by atoms with E-state index in [0.29, 0.717) is 0 Å². The fraction of sp³-hybridized carbons (Fsp3) is 0.500. The van der Waals surface area contributed by atoms with E-state index in [0.717, 1.165) is 44.8 Å². The largest absolute Gasteiger partial charge is 0.384 e. The second kappa shape index (κ2) is 5.98. The van der Waals surface area contributed by atoms with Crippen molar-refractivity contribution in [1.82, 2.24) is 9.80 Å². The number of nitrogens with one attached hydrogen (secondary N) is 1. The minimum Gasteiger partial charge on any atom is -0.384 e. The standard InChI is InChI=1S/C14H22N4/c1-2-17-6-8-18(9-7-17)11-12-4-3-5-13(10-12)14(15)16/h3-5,10H,2,6-9,11H2,1H3,(H3,15,16). The number of nitrogens with two attached hydrogens (primary N) is 1. The summed E-state index contributed by atoms with van der Waals surface area (Å²) >= 11 is 0. The van der Waals surface area contributed by atoms with Gasteiger partial charge in [0, 0.05) is 38.3 Å². The van der Waals surface area contributed by atoms with E-state index in [4.69, 9.17) is 11.1 Å². The lowest BCUT2D eigenvalue weighted by atomic mass is 10.1. The molecule has 0 atom stereocenters. The van der Waals surface area contributed by atoms with Gasteiger partial charge in [-0.15, -0.1) is 0 Å². The van der Waals surface area contributed by atoms with E-state index < -0.39 is 0 Å². The minimum absolute atomic E-state index is 0.146. The van der Waals surface area contributed by atoms with Crippen LogP contribution >= 0.6 is 0 Å². The average Bonchev–Trinajstić information content (AvgIpc) is 2.40. The van der Waals surface area contributed by atoms with Crippen molar-refractivity contribution < 1.29 is 0 Å². The van der Waals surface area contributed by atoms with Crippen LogP contribution in [0.1, 0.15) is 18.1 Å². The summed E-state index contributed by atoms with van der Waals surface area (Å²) in [4.78, 5) is 4.94. The molecule has 1 saturated heterocycles. The number of nitrogens with zero attached hydrogens (tertiary/aromatic N) is 2. The van der Waals surface area contributed by atoms with Crippen LogP contribution < -0.4 is 5.73 Å². The first-order valence-corrected chi connectivity index (χ1v) is 6.57. The molecule has 2 rings (SSSR count). The van der Waals surface area contributed by atoms with Crippen molar-refractivity contribution in [2.75, 3.05) is 32.7 Å². The van der Waals surface area contributed by atoms with Crippen LogP contribution in [0.4, 0.5) is 0 Å². The molecule has 1 heterocycles. The third kappa shape index (κ3) is 3.31. The highest BCUT2D eigenvalue weighted by Crippen LogP contribution is 2.10. The van der Waals surface area contributed by atoms with Crippen LogP contribution in [0.5, 0.6) is 0 Å². The first-order valence-electron chi connectivity index (χ1n) is 6.57. The fourth-order valence-electron chi connectivity index (χ4n) is 2.36. The van der Waals surface area contributed by atoms with Crippen molar-refractivity contribution >= 4 is 5.84 Å². The van der Waals surface area contributed by atoms with E-state index in [9.17, 15) is 0 Å². The molecule has 0 radical (unpaired) electrons. The fourth-order valence-corrected chi connectivity index (χ4v) is 2.36. The highest BCUT2D eigenvalue weighted by molar-refractivity contribution is 5.95. The Labute approximate surface area is 109 Å². The van der Waals surface area contributed by atoms with Gasteiger partial charge in [0.15, 0.2) is 0 Å². The first-order chi connectivity index (χ1) is 8.69. The highest BCUT2D eigenvalue weighted by Gasteiger charge is 2.15. The van der Waals surface area contributed by atoms with E-state index in [1.165, 1.54) is 5.56 Å². The van der Waals surface area contributed by atoms with E-state index >= 15 is 0 Å². The summed E-state index contributed by atoms with van der Waals surface area (Å²) in [5.41, 5.74) is 7.58. The van der Waals surface area contributed by atoms with Gasteiger partial charge in [-0.2, -0.15) is 0 Å². The van der Waals surface area contributed by atoms with Crippen LogP contribution in [0.2, 0.25) is 0 Å². The summed E-state index contributed by atoms with van der Waals surface area (Å²) in [6.45, 7) is 8.88. The van der Waals surface area contributed by atoms with Crippen molar-refractivity contribution in [2.24, 2.45) is 5.73 Å². The molecule has 1 aromatic rings. The molecule has 0 aliphatic carbocycles. The van der Waals surface area contributed by atoms with Gasteiger partial charge in [-0.05, 0) is 18.2 Å². The molecule has 0 amide bonds. The van der Waals surface area contributed by atoms with Gasteiger partial charge in [0.25, 0.3) is 0 Å². The van der Waals surface area contributed by atoms with Crippen molar-refractivity contribution in [3.05, 3.63) is 35.4 Å². The molecular formula is C14H22N4. The third-order valence-corrected chi connectivity index (χ3v) is 3.56. The maximum absolute atomic E-state index is 7.46. The Balaban J connectivity index is 1.94. The zero-order valence-corrected chi connectivity index (χ0v) is 11.0. The molecular weight excluding hydrogens is 224 g/mol. The topological polar surface area (TPSA) is 56.4 Å². The van der Waals surface area contributed by atoms with Crippen molar-refractivity contribution in [2.45, 2.75) is 13.5 Å². The summed E-state index contributed by atoms with van der Waals surface area (Å²) in [5.74, 6) is 0.146. The Morgan fingerprint density at radius 1 is 1.22 bits per heavy atom. The molecule has 3 N–H and O–H groups in total. The Morgan fingerprint density at radius 2 is 1.89 bits per heavy atom. The number of rotatable bonds is 4. The zero-order chi connectivity index (χ0) is 13.0. The smallest absolute Gasteiger partial charge is 0.122 e. The monoisotopic (exact) mass is 246 g/mol. The lowest BCUT2D eigenvalue weighted by molar-refractivity contribution is 0.132. The van der Waals surface area contributed by atoms with Crippen LogP contribution in [0, 0.1) is 5.41 Å². The maximum Gasteiger partial charge on any atom is 0.122 e. The maximum atomic E-state index is 7.46.